The van der Waals surface area contributed by atoms with E-state index in [4.69, 9.17) is 4.74 Å². The van der Waals surface area contributed by atoms with E-state index >= 15 is 0 Å². The van der Waals surface area contributed by atoms with Crippen molar-refractivity contribution in [3.05, 3.63) is 58.1 Å². The van der Waals surface area contributed by atoms with Crippen LogP contribution in [0.3, 0.4) is 0 Å². The van der Waals surface area contributed by atoms with E-state index in [1.54, 1.807) is 13.0 Å². The van der Waals surface area contributed by atoms with Crippen molar-refractivity contribution in [3.63, 3.8) is 0 Å². The SMILES string of the molecule is Cc1ccc(O[C@@H](C)C(=O)Nc2ccc(F)c(F)c2)c(Br)c1. The molecule has 116 valence electrons. The van der Waals surface area contributed by atoms with Gasteiger partial charge < -0.3 is 10.1 Å². The number of anilines is 1. The Morgan fingerprint density at radius 1 is 1.18 bits per heavy atom. The van der Waals surface area contributed by atoms with Crippen molar-refractivity contribution in [2.24, 2.45) is 0 Å². The van der Waals surface area contributed by atoms with Crippen LogP contribution in [-0.4, -0.2) is 12.0 Å². The summed E-state index contributed by atoms with van der Waals surface area (Å²) in [5.74, 6) is -1.92. The summed E-state index contributed by atoms with van der Waals surface area (Å²) in [6.07, 6.45) is -0.799. The van der Waals surface area contributed by atoms with E-state index in [0.717, 1.165) is 22.2 Å². The van der Waals surface area contributed by atoms with E-state index in [2.05, 4.69) is 21.2 Å². The van der Waals surface area contributed by atoms with Crippen molar-refractivity contribution in [1.82, 2.24) is 0 Å². The molecule has 6 heteroatoms. The minimum atomic E-state index is -1.02. The number of benzene rings is 2. The largest absolute Gasteiger partial charge is 0.480 e. The third-order valence-corrected chi connectivity index (χ3v) is 3.57. The predicted octanol–water partition coefficient (Wildman–Crippen LogP) is 4.44. The minimum Gasteiger partial charge on any atom is -0.480 e. The number of nitrogens with one attached hydrogen (secondary N) is 1. The normalized spacial score (nSPS) is 11.9. The van der Waals surface area contributed by atoms with Gasteiger partial charge in [-0.25, -0.2) is 8.78 Å². The number of halogens is 3. The van der Waals surface area contributed by atoms with E-state index in [1.807, 2.05) is 19.1 Å². The average molecular weight is 370 g/mol. The predicted molar refractivity (Wildman–Crippen MR) is 84.0 cm³/mol. The maximum atomic E-state index is 13.1. The summed E-state index contributed by atoms with van der Waals surface area (Å²) < 4.78 is 32.2. The Morgan fingerprint density at radius 3 is 2.55 bits per heavy atom. The molecule has 1 atom stereocenters. The molecule has 2 aromatic rings. The Labute approximate surface area is 135 Å². The Kier molecular flexibility index (Phi) is 5.13. The van der Waals surface area contributed by atoms with Crippen molar-refractivity contribution in [2.75, 3.05) is 5.32 Å². The van der Waals surface area contributed by atoms with Crippen molar-refractivity contribution >= 4 is 27.5 Å². The van der Waals surface area contributed by atoms with E-state index < -0.39 is 23.6 Å². The standard InChI is InChI=1S/C16H14BrF2NO2/c1-9-3-6-15(12(17)7-9)22-10(2)16(21)20-11-4-5-13(18)14(19)8-11/h3-8,10H,1-2H3,(H,20,21)/t10-/m0/s1. The van der Waals surface area contributed by atoms with Crippen molar-refractivity contribution in [1.29, 1.82) is 0 Å². The summed E-state index contributed by atoms with van der Waals surface area (Å²) in [6.45, 7) is 3.51. The van der Waals surface area contributed by atoms with Crippen molar-refractivity contribution in [3.8, 4) is 5.75 Å². The topological polar surface area (TPSA) is 38.3 Å². The number of rotatable bonds is 4. The fourth-order valence-electron chi connectivity index (χ4n) is 1.76. The van der Waals surface area contributed by atoms with Crippen molar-refractivity contribution < 1.29 is 18.3 Å². The summed E-state index contributed by atoms with van der Waals surface area (Å²) in [5, 5.41) is 2.47. The third kappa shape index (κ3) is 4.04. The van der Waals surface area contributed by atoms with Crippen LogP contribution in [0.25, 0.3) is 0 Å². The quantitative estimate of drug-likeness (QED) is 0.864. The summed E-state index contributed by atoms with van der Waals surface area (Å²) in [7, 11) is 0. The zero-order chi connectivity index (χ0) is 16.3. The zero-order valence-corrected chi connectivity index (χ0v) is 13.6. The lowest BCUT2D eigenvalue weighted by Gasteiger charge is -2.16. The first-order valence-electron chi connectivity index (χ1n) is 6.55. The number of carbonyl (C=O) groups excluding carboxylic acids is 1. The van der Waals surface area contributed by atoms with Crippen LogP contribution in [0.1, 0.15) is 12.5 Å². The molecule has 2 rings (SSSR count). The van der Waals surface area contributed by atoms with Gasteiger partial charge in [-0.15, -0.1) is 0 Å². The molecule has 1 N–H and O–H groups in total. The Bertz CT molecular complexity index is 707. The van der Waals surface area contributed by atoms with Gasteiger partial charge >= 0.3 is 0 Å². The van der Waals surface area contributed by atoms with Crippen LogP contribution in [0.15, 0.2) is 40.9 Å². The Balaban J connectivity index is 2.04. The Morgan fingerprint density at radius 2 is 1.91 bits per heavy atom. The highest BCUT2D eigenvalue weighted by Gasteiger charge is 2.17. The van der Waals surface area contributed by atoms with Gasteiger partial charge in [0, 0.05) is 11.8 Å². The molecular formula is C16H14BrF2NO2. The highest BCUT2D eigenvalue weighted by Crippen LogP contribution is 2.26. The summed E-state index contributed by atoms with van der Waals surface area (Å²) >= 11 is 3.36. The van der Waals surface area contributed by atoms with Gasteiger partial charge in [-0.05, 0) is 59.6 Å². The molecule has 3 nitrogen and oxygen atoms in total. The van der Waals surface area contributed by atoms with Gasteiger partial charge in [0.15, 0.2) is 17.7 Å². The molecule has 0 aliphatic carbocycles. The van der Waals surface area contributed by atoms with Crippen LogP contribution in [0.2, 0.25) is 0 Å². The van der Waals surface area contributed by atoms with Crippen LogP contribution in [-0.2, 0) is 4.79 Å². The molecular weight excluding hydrogens is 356 g/mol. The fourth-order valence-corrected chi connectivity index (χ4v) is 2.35. The summed E-state index contributed by atoms with van der Waals surface area (Å²) in [5.41, 5.74) is 1.22. The lowest BCUT2D eigenvalue weighted by atomic mass is 10.2. The Hall–Kier alpha value is -1.95. The molecule has 0 saturated heterocycles. The molecule has 0 saturated carbocycles. The molecule has 0 heterocycles. The molecule has 0 radical (unpaired) electrons. The molecule has 0 aliphatic rings. The fraction of sp³-hybridized carbons (Fsp3) is 0.188. The van der Waals surface area contributed by atoms with Crippen LogP contribution in [0.4, 0.5) is 14.5 Å². The molecule has 0 bridgehead atoms. The molecule has 22 heavy (non-hydrogen) atoms. The van der Waals surface area contributed by atoms with E-state index in [1.165, 1.54) is 6.07 Å². The van der Waals surface area contributed by atoms with Gasteiger partial charge in [0.05, 0.1) is 4.47 Å². The maximum absolute atomic E-state index is 13.1. The molecule has 0 aliphatic heterocycles. The van der Waals surface area contributed by atoms with E-state index in [-0.39, 0.29) is 5.69 Å². The molecule has 2 aromatic carbocycles. The van der Waals surface area contributed by atoms with Gasteiger partial charge in [-0.3, -0.25) is 4.79 Å². The second-order valence-corrected chi connectivity index (χ2v) is 5.67. The smallest absolute Gasteiger partial charge is 0.265 e. The number of hydrogen-bond donors (Lipinski definition) is 1. The van der Waals surface area contributed by atoms with Gasteiger partial charge in [-0.2, -0.15) is 0 Å². The van der Waals surface area contributed by atoms with Crippen LogP contribution in [0, 0.1) is 18.6 Å². The molecule has 0 spiro atoms. The van der Waals surface area contributed by atoms with Gasteiger partial charge in [-0.1, -0.05) is 6.07 Å². The summed E-state index contributed by atoms with van der Waals surface area (Å²) in [6, 6.07) is 8.63. The summed E-state index contributed by atoms with van der Waals surface area (Å²) in [4.78, 5) is 12.0. The molecule has 0 aromatic heterocycles. The maximum Gasteiger partial charge on any atom is 0.265 e. The number of ether oxygens (including phenoxy) is 1. The number of hydrogen-bond acceptors (Lipinski definition) is 2. The first kappa shape index (κ1) is 16.4. The second-order valence-electron chi connectivity index (χ2n) is 4.81. The van der Waals surface area contributed by atoms with Crippen molar-refractivity contribution in [2.45, 2.75) is 20.0 Å². The van der Waals surface area contributed by atoms with E-state index in [9.17, 15) is 13.6 Å². The molecule has 0 fully saturated rings. The highest BCUT2D eigenvalue weighted by atomic mass is 79.9. The molecule has 1 amide bonds. The van der Waals surface area contributed by atoms with Gasteiger partial charge in [0.25, 0.3) is 5.91 Å². The number of amides is 1. The average Bonchev–Trinajstić information content (AvgIpc) is 2.45. The lowest BCUT2D eigenvalue weighted by Crippen LogP contribution is -2.30. The van der Waals surface area contributed by atoms with E-state index in [0.29, 0.717) is 5.75 Å². The number of carbonyl (C=O) groups is 1. The minimum absolute atomic E-state index is 0.169. The van der Waals surface area contributed by atoms with Crippen LogP contribution < -0.4 is 10.1 Å². The third-order valence-electron chi connectivity index (χ3n) is 2.95. The lowest BCUT2D eigenvalue weighted by molar-refractivity contribution is -0.122. The first-order valence-corrected chi connectivity index (χ1v) is 7.35. The zero-order valence-electron chi connectivity index (χ0n) is 12.0. The second kappa shape index (κ2) is 6.87. The van der Waals surface area contributed by atoms with Gasteiger partial charge in [0.1, 0.15) is 5.75 Å². The monoisotopic (exact) mass is 369 g/mol. The molecule has 0 unspecified atom stereocenters. The van der Waals surface area contributed by atoms with Gasteiger partial charge in [0.2, 0.25) is 0 Å². The van der Waals surface area contributed by atoms with Crippen LogP contribution >= 0.6 is 15.9 Å². The highest BCUT2D eigenvalue weighted by molar-refractivity contribution is 9.10. The number of aryl methyl sites for hydroxylation is 1. The first-order chi connectivity index (χ1) is 10.4. The van der Waals surface area contributed by atoms with Crippen LogP contribution in [0.5, 0.6) is 5.75 Å².